The first-order chi connectivity index (χ1) is 8.16. The molecule has 1 fully saturated rings. The van der Waals surface area contributed by atoms with E-state index >= 15 is 0 Å². The number of rotatable bonds is 3. The lowest BCUT2D eigenvalue weighted by Gasteiger charge is -2.35. The lowest BCUT2D eigenvalue weighted by molar-refractivity contribution is 0.188. The van der Waals surface area contributed by atoms with Gasteiger partial charge >= 0.3 is 0 Å². The van der Waals surface area contributed by atoms with Gasteiger partial charge < -0.3 is 5.11 Å². The fraction of sp³-hybridized carbons (Fsp3) is 0.571. The second-order valence-electron chi connectivity index (χ2n) is 4.95. The van der Waals surface area contributed by atoms with E-state index < -0.39 is 0 Å². The smallest absolute Gasteiger partial charge is 0.115 e. The molecule has 17 heavy (non-hydrogen) atoms. The molecule has 1 aromatic rings. The summed E-state index contributed by atoms with van der Waals surface area (Å²) in [6.45, 7) is 0.897. The summed E-state index contributed by atoms with van der Waals surface area (Å²) in [7, 11) is 2.14. The van der Waals surface area contributed by atoms with Crippen LogP contribution in [0.25, 0.3) is 0 Å². The standard InChI is InChI=1S/C14H20ClNO/c1-16(14-5-3-2-4-13(14)15)10-11-6-8-12(17)9-7-11/h6-9,13-14,17H,2-5,10H2,1H3. The minimum atomic E-state index is 0.283. The Hall–Kier alpha value is -0.730. The number of phenolic OH excluding ortho intramolecular Hbond substituents is 1. The zero-order valence-corrected chi connectivity index (χ0v) is 11.0. The van der Waals surface area contributed by atoms with Gasteiger partial charge in [0.2, 0.25) is 0 Å². The third-order valence-corrected chi connectivity index (χ3v) is 4.09. The van der Waals surface area contributed by atoms with Crippen LogP contribution in [0.3, 0.4) is 0 Å². The number of hydrogen-bond acceptors (Lipinski definition) is 2. The Morgan fingerprint density at radius 2 is 1.88 bits per heavy atom. The summed E-state index contributed by atoms with van der Waals surface area (Å²) in [6.07, 6.45) is 4.88. The molecule has 0 saturated heterocycles. The third kappa shape index (κ3) is 3.36. The average molecular weight is 254 g/mol. The van der Waals surface area contributed by atoms with Gasteiger partial charge in [0, 0.05) is 18.0 Å². The van der Waals surface area contributed by atoms with Gasteiger partial charge in [-0.05, 0) is 37.6 Å². The molecule has 94 valence electrons. The van der Waals surface area contributed by atoms with Gasteiger partial charge in [0.1, 0.15) is 5.75 Å². The Kier molecular flexibility index (Phi) is 4.30. The molecule has 0 spiro atoms. The van der Waals surface area contributed by atoms with Gasteiger partial charge in [-0.2, -0.15) is 0 Å². The molecule has 2 atom stereocenters. The van der Waals surface area contributed by atoms with E-state index in [1.165, 1.54) is 24.8 Å². The Bertz CT molecular complexity index is 352. The van der Waals surface area contributed by atoms with Crippen LogP contribution in [0, 0.1) is 0 Å². The molecule has 0 bridgehead atoms. The van der Waals surface area contributed by atoms with Gasteiger partial charge in [-0.25, -0.2) is 0 Å². The first kappa shape index (κ1) is 12.7. The first-order valence-corrected chi connectivity index (χ1v) is 6.72. The zero-order valence-electron chi connectivity index (χ0n) is 10.3. The van der Waals surface area contributed by atoms with Gasteiger partial charge in [-0.1, -0.05) is 25.0 Å². The highest BCUT2D eigenvalue weighted by molar-refractivity contribution is 6.21. The van der Waals surface area contributed by atoms with Crippen molar-refractivity contribution in [1.82, 2.24) is 4.90 Å². The van der Waals surface area contributed by atoms with Crippen molar-refractivity contribution < 1.29 is 5.11 Å². The molecule has 1 aromatic carbocycles. The maximum atomic E-state index is 9.25. The first-order valence-electron chi connectivity index (χ1n) is 6.29. The summed E-state index contributed by atoms with van der Waals surface area (Å²) in [4.78, 5) is 2.34. The molecule has 0 radical (unpaired) electrons. The maximum absolute atomic E-state index is 9.25. The molecule has 1 aliphatic rings. The molecule has 3 heteroatoms. The lowest BCUT2D eigenvalue weighted by Crippen LogP contribution is -2.40. The fourth-order valence-corrected chi connectivity index (χ4v) is 3.04. The zero-order chi connectivity index (χ0) is 12.3. The van der Waals surface area contributed by atoms with E-state index in [1.807, 2.05) is 12.1 Å². The molecule has 0 amide bonds. The molecule has 1 N–H and O–H groups in total. The summed E-state index contributed by atoms with van der Waals surface area (Å²) in [5, 5.41) is 9.53. The van der Waals surface area contributed by atoms with Crippen LogP contribution >= 0.6 is 11.6 Å². The molecule has 0 aromatic heterocycles. The van der Waals surface area contributed by atoms with Crippen LogP contribution in [0.2, 0.25) is 0 Å². The average Bonchev–Trinajstić information content (AvgIpc) is 2.32. The SMILES string of the molecule is CN(Cc1ccc(O)cc1)C1CCCCC1Cl. The molecular formula is C14H20ClNO. The largest absolute Gasteiger partial charge is 0.508 e. The summed E-state index contributed by atoms with van der Waals surface area (Å²) in [6, 6.07) is 7.90. The fourth-order valence-electron chi connectivity index (χ4n) is 2.57. The van der Waals surface area contributed by atoms with E-state index in [0.29, 0.717) is 11.8 Å². The van der Waals surface area contributed by atoms with Gasteiger partial charge in [0.15, 0.2) is 0 Å². The normalized spacial score (nSPS) is 25.1. The summed E-state index contributed by atoms with van der Waals surface area (Å²) in [5.41, 5.74) is 1.22. The Morgan fingerprint density at radius 1 is 1.24 bits per heavy atom. The second-order valence-corrected chi connectivity index (χ2v) is 5.51. The molecule has 0 aliphatic heterocycles. The van der Waals surface area contributed by atoms with Crippen LogP contribution in [0.15, 0.2) is 24.3 Å². The van der Waals surface area contributed by atoms with Crippen LogP contribution in [0.4, 0.5) is 0 Å². The number of alkyl halides is 1. The highest BCUT2D eigenvalue weighted by Crippen LogP contribution is 2.27. The van der Waals surface area contributed by atoms with Gasteiger partial charge in [0.25, 0.3) is 0 Å². The predicted octanol–water partition coefficient (Wildman–Crippen LogP) is 3.37. The molecule has 2 rings (SSSR count). The molecule has 0 heterocycles. The number of aromatic hydroxyl groups is 1. The van der Waals surface area contributed by atoms with Gasteiger partial charge in [-0.3, -0.25) is 4.90 Å². The van der Waals surface area contributed by atoms with E-state index in [2.05, 4.69) is 11.9 Å². The van der Waals surface area contributed by atoms with E-state index in [1.54, 1.807) is 12.1 Å². The van der Waals surface area contributed by atoms with Crippen molar-refractivity contribution >= 4 is 11.6 Å². The number of benzene rings is 1. The summed E-state index contributed by atoms with van der Waals surface area (Å²) < 4.78 is 0. The molecule has 1 saturated carbocycles. The Labute approximate surface area is 108 Å². The van der Waals surface area contributed by atoms with E-state index in [-0.39, 0.29) is 5.38 Å². The second kappa shape index (κ2) is 5.74. The van der Waals surface area contributed by atoms with Crippen LogP contribution in [0.1, 0.15) is 31.2 Å². The topological polar surface area (TPSA) is 23.5 Å². The summed E-state index contributed by atoms with van der Waals surface area (Å²) >= 11 is 6.39. The minimum Gasteiger partial charge on any atom is -0.508 e. The number of hydrogen-bond donors (Lipinski definition) is 1. The molecule has 2 nitrogen and oxygen atoms in total. The van der Waals surface area contributed by atoms with Crippen molar-refractivity contribution in [3.8, 4) is 5.75 Å². The lowest BCUT2D eigenvalue weighted by atomic mass is 9.93. The number of nitrogens with zero attached hydrogens (tertiary/aromatic N) is 1. The highest BCUT2D eigenvalue weighted by Gasteiger charge is 2.26. The van der Waals surface area contributed by atoms with E-state index in [0.717, 1.165) is 13.0 Å². The third-order valence-electron chi connectivity index (χ3n) is 3.58. The monoisotopic (exact) mass is 253 g/mol. The van der Waals surface area contributed by atoms with Gasteiger partial charge in [0.05, 0.1) is 0 Å². The van der Waals surface area contributed by atoms with Crippen molar-refractivity contribution in [2.45, 2.75) is 43.6 Å². The Morgan fingerprint density at radius 3 is 2.53 bits per heavy atom. The number of phenols is 1. The van der Waals surface area contributed by atoms with Crippen molar-refractivity contribution in [3.63, 3.8) is 0 Å². The van der Waals surface area contributed by atoms with Crippen molar-refractivity contribution in [1.29, 1.82) is 0 Å². The van der Waals surface area contributed by atoms with Crippen LogP contribution in [0.5, 0.6) is 5.75 Å². The van der Waals surface area contributed by atoms with Crippen LogP contribution < -0.4 is 0 Å². The van der Waals surface area contributed by atoms with Crippen LogP contribution in [-0.2, 0) is 6.54 Å². The Balaban J connectivity index is 1.95. The van der Waals surface area contributed by atoms with E-state index in [9.17, 15) is 5.11 Å². The molecule has 2 unspecified atom stereocenters. The molecular weight excluding hydrogens is 234 g/mol. The number of halogens is 1. The van der Waals surface area contributed by atoms with Crippen molar-refractivity contribution in [2.75, 3.05) is 7.05 Å². The van der Waals surface area contributed by atoms with Gasteiger partial charge in [-0.15, -0.1) is 11.6 Å². The predicted molar refractivity (Wildman–Crippen MR) is 71.5 cm³/mol. The maximum Gasteiger partial charge on any atom is 0.115 e. The van der Waals surface area contributed by atoms with Crippen LogP contribution in [-0.4, -0.2) is 28.5 Å². The van der Waals surface area contributed by atoms with E-state index in [4.69, 9.17) is 11.6 Å². The minimum absolute atomic E-state index is 0.283. The summed E-state index contributed by atoms with van der Waals surface area (Å²) in [5.74, 6) is 0.323. The van der Waals surface area contributed by atoms with Crippen molar-refractivity contribution in [3.05, 3.63) is 29.8 Å². The molecule has 1 aliphatic carbocycles. The van der Waals surface area contributed by atoms with Crippen molar-refractivity contribution in [2.24, 2.45) is 0 Å². The highest BCUT2D eigenvalue weighted by atomic mass is 35.5. The quantitative estimate of drug-likeness (QED) is 0.835.